The molecular weight excluding hydrogens is 500 g/mol. The van der Waals surface area contributed by atoms with Crippen LogP contribution in [0.5, 0.6) is 5.75 Å². The fourth-order valence-electron chi connectivity index (χ4n) is 6.25. The second kappa shape index (κ2) is 10.3. The summed E-state index contributed by atoms with van der Waals surface area (Å²) in [6.07, 6.45) is 3.39. The number of benzene rings is 1. The highest BCUT2D eigenvalue weighted by atomic mass is 35.5. The Labute approximate surface area is 219 Å². The molecule has 198 valence electrons. The van der Waals surface area contributed by atoms with Gasteiger partial charge in [0.15, 0.2) is 5.78 Å². The molecule has 2 aromatic rings. The Bertz CT molecular complexity index is 1250. The molecule has 1 aliphatic carbocycles. The smallest absolute Gasteiger partial charge is 0.271 e. The van der Waals surface area contributed by atoms with Crippen LogP contribution in [0.25, 0.3) is 10.9 Å². The van der Waals surface area contributed by atoms with Gasteiger partial charge in [-0.2, -0.15) is 0 Å². The molecule has 0 radical (unpaired) electrons. The Balaban J connectivity index is 1.41. The number of carbonyl (C=O) groups is 4. The molecule has 5 unspecified atom stereocenters. The number of fused-ring (bicyclic) bond motifs is 2. The fourth-order valence-corrected chi connectivity index (χ4v) is 6.46. The number of nitrogens with zero attached hydrogens (tertiary/aromatic N) is 1. The largest absolute Gasteiger partial charge is 0.496 e. The molecule has 1 saturated carbocycles. The van der Waals surface area contributed by atoms with E-state index in [1.165, 1.54) is 0 Å². The van der Waals surface area contributed by atoms with Crippen LogP contribution in [0.4, 0.5) is 0 Å². The number of amides is 3. The Morgan fingerprint density at radius 3 is 2.78 bits per heavy atom. The highest BCUT2D eigenvalue weighted by Gasteiger charge is 2.50. The van der Waals surface area contributed by atoms with Gasteiger partial charge in [-0.05, 0) is 55.7 Å². The molecule has 3 heterocycles. The van der Waals surface area contributed by atoms with Gasteiger partial charge in [-0.1, -0.05) is 18.0 Å². The van der Waals surface area contributed by atoms with Crippen molar-refractivity contribution in [2.45, 2.75) is 44.2 Å². The molecule has 5 atom stereocenters. The second-order valence-electron chi connectivity index (χ2n) is 10.2. The van der Waals surface area contributed by atoms with Gasteiger partial charge in [-0.15, -0.1) is 0 Å². The number of aliphatic hydroxyl groups excluding tert-OH is 1. The minimum absolute atomic E-state index is 0.0221. The van der Waals surface area contributed by atoms with Gasteiger partial charge in [0.25, 0.3) is 5.91 Å². The van der Waals surface area contributed by atoms with Crippen LogP contribution in [0.1, 0.15) is 42.6 Å². The number of ketones is 1. The molecule has 3 aliphatic rings. The average molecular weight is 531 g/mol. The van der Waals surface area contributed by atoms with Crippen molar-refractivity contribution in [3.63, 3.8) is 0 Å². The lowest BCUT2D eigenvalue weighted by molar-refractivity contribution is -0.133. The first-order chi connectivity index (χ1) is 17.8. The SMILES string of the molecule is COc1ccc(Cl)c2[nH]c(C(=O)N3CC4CCCC4C3C(=O)NC(CC3CCNC3=O)C(=O)CO)cc12. The van der Waals surface area contributed by atoms with Gasteiger partial charge < -0.3 is 30.4 Å². The third-order valence-corrected chi connectivity index (χ3v) is 8.43. The predicted octanol–water partition coefficient (Wildman–Crippen LogP) is 1.64. The van der Waals surface area contributed by atoms with Crippen molar-refractivity contribution in [1.29, 1.82) is 0 Å². The summed E-state index contributed by atoms with van der Waals surface area (Å²) >= 11 is 6.34. The van der Waals surface area contributed by atoms with E-state index >= 15 is 0 Å². The van der Waals surface area contributed by atoms with E-state index in [2.05, 4.69) is 15.6 Å². The molecule has 4 N–H and O–H groups in total. The zero-order valence-electron chi connectivity index (χ0n) is 20.6. The number of nitrogens with one attached hydrogen (secondary N) is 3. The zero-order chi connectivity index (χ0) is 26.3. The molecule has 11 heteroatoms. The molecule has 0 spiro atoms. The molecule has 0 bridgehead atoms. The summed E-state index contributed by atoms with van der Waals surface area (Å²) in [5, 5.41) is 16.1. The number of H-pyrrole nitrogens is 1. The monoisotopic (exact) mass is 530 g/mol. The Hall–Kier alpha value is -3.11. The quantitative estimate of drug-likeness (QED) is 0.409. The topological polar surface area (TPSA) is 141 Å². The molecule has 2 saturated heterocycles. The molecule has 5 rings (SSSR count). The van der Waals surface area contributed by atoms with Crippen molar-refractivity contribution >= 4 is 46.0 Å². The number of methoxy groups -OCH3 is 1. The summed E-state index contributed by atoms with van der Waals surface area (Å²) in [5.41, 5.74) is 0.873. The summed E-state index contributed by atoms with van der Waals surface area (Å²) < 4.78 is 5.41. The van der Waals surface area contributed by atoms with Crippen LogP contribution in [0.15, 0.2) is 18.2 Å². The molecule has 3 amide bonds. The molecule has 2 aliphatic heterocycles. The van der Waals surface area contributed by atoms with E-state index in [1.54, 1.807) is 30.2 Å². The summed E-state index contributed by atoms with van der Waals surface area (Å²) in [4.78, 5) is 56.7. The maximum Gasteiger partial charge on any atom is 0.271 e. The number of ether oxygens (including phenoxy) is 1. The van der Waals surface area contributed by atoms with Gasteiger partial charge in [-0.25, -0.2) is 0 Å². The predicted molar refractivity (Wildman–Crippen MR) is 135 cm³/mol. The number of hydrogen-bond donors (Lipinski definition) is 4. The van der Waals surface area contributed by atoms with Crippen LogP contribution >= 0.6 is 11.6 Å². The van der Waals surface area contributed by atoms with Gasteiger partial charge in [-0.3, -0.25) is 19.2 Å². The summed E-state index contributed by atoms with van der Waals surface area (Å²) in [6, 6.07) is 3.34. The third kappa shape index (κ3) is 4.68. The molecule has 3 fully saturated rings. The van der Waals surface area contributed by atoms with Gasteiger partial charge in [0.1, 0.15) is 24.1 Å². The molecule has 1 aromatic heterocycles. The van der Waals surface area contributed by atoms with Crippen molar-refractivity contribution in [1.82, 2.24) is 20.5 Å². The number of likely N-dealkylation sites (tertiary alicyclic amines) is 1. The van der Waals surface area contributed by atoms with Crippen molar-refractivity contribution in [3.8, 4) is 5.75 Å². The fraction of sp³-hybridized carbons (Fsp3) is 0.538. The van der Waals surface area contributed by atoms with E-state index in [-0.39, 0.29) is 30.1 Å². The number of rotatable bonds is 8. The van der Waals surface area contributed by atoms with Crippen LogP contribution in [-0.2, 0) is 14.4 Å². The zero-order valence-corrected chi connectivity index (χ0v) is 21.3. The Morgan fingerprint density at radius 1 is 1.27 bits per heavy atom. The van der Waals surface area contributed by atoms with E-state index in [9.17, 15) is 24.3 Å². The normalized spacial score (nSPS) is 25.7. The first-order valence-corrected chi connectivity index (χ1v) is 13.1. The maximum absolute atomic E-state index is 13.7. The number of hydrogen-bond acceptors (Lipinski definition) is 6. The lowest BCUT2D eigenvalue weighted by Crippen LogP contribution is -2.53. The summed E-state index contributed by atoms with van der Waals surface area (Å²) in [6.45, 7) is 0.215. The molecule has 37 heavy (non-hydrogen) atoms. The molecular formula is C26H31ClN4O6. The average Bonchev–Trinajstić information content (AvgIpc) is 3.67. The lowest BCUT2D eigenvalue weighted by atomic mass is 9.92. The second-order valence-corrected chi connectivity index (χ2v) is 10.6. The van der Waals surface area contributed by atoms with Crippen LogP contribution in [-0.4, -0.2) is 77.4 Å². The number of aromatic amines is 1. The maximum atomic E-state index is 13.7. The highest BCUT2D eigenvalue weighted by molar-refractivity contribution is 6.35. The summed E-state index contributed by atoms with van der Waals surface area (Å²) in [5.74, 6) is -1.14. The van der Waals surface area contributed by atoms with Gasteiger partial charge >= 0.3 is 0 Å². The van der Waals surface area contributed by atoms with Crippen LogP contribution in [0.3, 0.4) is 0 Å². The Kier molecular flexibility index (Phi) is 7.13. The number of Topliss-reactive ketones (excluding diaryl/α,β-unsaturated/α-hetero) is 1. The highest BCUT2D eigenvalue weighted by Crippen LogP contribution is 2.43. The Morgan fingerprint density at radius 2 is 2.08 bits per heavy atom. The number of carbonyl (C=O) groups excluding carboxylic acids is 4. The van der Waals surface area contributed by atoms with E-state index in [1.807, 2.05) is 0 Å². The van der Waals surface area contributed by atoms with E-state index < -0.39 is 36.3 Å². The van der Waals surface area contributed by atoms with Crippen molar-refractivity contribution in [2.75, 3.05) is 26.8 Å². The van der Waals surface area contributed by atoms with Crippen LogP contribution in [0.2, 0.25) is 5.02 Å². The minimum Gasteiger partial charge on any atom is -0.496 e. The van der Waals surface area contributed by atoms with Crippen molar-refractivity contribution < 1.29 is 29.0 Å². The lowest BCUT2D eigenvalue weighted by Gasteiger charge is -2.29. The number of aromatic nitrogens is 1. The first kappa shape index (κ1) is 25.5. The molecule has 1 aromatic carbocycles. The van der Waals surface area contributed by atoms with E-state index in [0.717, 1.165) is 19.3 Å². The van der Waals surface area contributed by atoms with E-state index in [4.69, 9.17) is 16.3 Å². The minimum atomic E-state index is -1.00. The number of halogens is 1. The number of aliphatic hydroxyl groups is 1. The summed E-state index contributed by atoms with van der Waals surface area (Å²) in [7, 11) is 1.54. The van der Waals surface area contributed by atoms with Crippen LogP contribution < -0.4 is 15.4 Å². The standard InChI is InChI=1S/C26H31ClN4O6/c1-37-21-6-5-17(27)22-16(21)10-19(29-22)26(36)31-11-14-3-2-4-15(14)23(31)25(35)30-18(20(33)12-32)9-13-7-8-28-24(13)34/h5-6,10,13-15,18,23,29,32H,2-4,7-9,11-12H2,1H3,(H,28,34)(H,30,35). The van der Waals surface area contributed by atoms with Crippen molar-refractivity contribution in [2.24, 2.45) is 17.8 Å². The van der Waals surface area contributed by atoms with E-state index in [0.29, 0.717) is 46.9 Å². The van der Waals surface area contributed by atoms with Crippen molar-refractivity contribution in [3.05, 3.63) is 28.9 Å². The van der Waals surface area contributed by atoms with Gasteiger partial charge in [0, 0.05) is 24.4 Å². The molecule has 10 nitrogen and oxygen atoms in total. The van der Waals surface area contributed by atoms with Crippen LogP contribution in [0, 0.1) is 17.8 Å². The first-order valence-electron chi connectivity index (χ1n) is 12.7. The third-order valence-electron chi connectivity index (χ3n) is 8.12. The van der Waals surface area contributed by atoms with Gasteiger partial charge in [0.05, 0.1) is 23.7 Å². The van der Waals surface area contributed by atoms with Gasteiger partial charge in [0.2, 0.25) is 11.8 Å².